The van der Waals surface area contributed by atoms with Crippen molar-refractivity contribution in [1.29, 1.82) is 0 Å². The van der Waals surface area contributed by atoms with Crippen molar-refractivity contribution in [2.45, 2.75) is 29.6 Å². The first-order valence-corrected chi connectivity index (χ1v) is 9.32. The average Bonchev–Trinajstić information content (AvgIpc) is 3.03. The standard InChI is InChI=1S/C7H4N2O6.C7H14OS2/c10-7(11)4-1-5(8(12)13)3-6(2-4)9(14)15;1-2-3-7-9-5-6(4-8)10-7/h1-3H,(H,10,11);6-8H,2-5H2,1H3/t;6-,7+/m.0/s1. The molecule has 0 saturated carbocycles. The molecular formula is C14H18N2O7S2. The second kappa shape index (κ2) is 10.2. The molecule has 1 aliphatic heterocycles. The van der Waals surface area contributed by atoms with E-state index in [1.165, 1.54) is 12.8 Å². The SMILES string of the molecule is CCC[C@@H]1SC[C@H](CO)S1.O=C(O)c1cc([N+](=O)[O-])cc([N+](=O)[O-])c1. The summed E-state index contributed by atoms with van der Waals surface area (Å²) < 4.78 is 0.766. The molecule has 0 aromatic heterocycles. The van der Waals surface area contributed by atoms with Gasteiger partial charge in [-0.25, -0.2) is 4.79 Å². The summed E-state index contributed by atoms with van der Waals surface area (Å²) in [5.74, 6) is -0.312. The Bertz CT molecular complexity index is 563. The first-order valence-electron chi connectivity index (χ1n) is 7.33. The van der Waals surface area contributed by atoms with Crippen molar-refractivity contribution >= 4 is 40.9 Å². The quantitative estimate of drug-likeness (QED) is 0.552. The molecule has 1 fully saturated rings. The van der Waals surface area contributed by atoms with E-state index in [-0.39, 0.29) is 0 Å². The molecule has 0 bridgehead atoms. The third-order valence-corrected chi connectivity index (χ3v) is 6.51. The molecule has 0 amide bonds. The van der Waals surface area contributed by atoms with Crippen molar-refractivity contribution in [3.63, 3.8) is 0 Å². The minimum atomic E-state index is -1.46. The van der Waals surface area contributed by atoms with E-state index in [0.29, 0.717) is 17.9 Å². The Morgan fingerprint density at radius 3 is 2.16 bits per heavy atom. The second-order valence-corrected chi connectivity index (χ2v) is 8.09. The van der Waals surface area contributed by atoms with Gasteiger partial charge in [-0.15, -0.1) is 23.5 Å². The Hall–Kier alpha value is -1.85. The van der Waals surface area contributed by atoms with E-state index in [0.717, 1.165) is 22.5 Å². The number of carboxylic acid groups (broad SMARTS) is 1. The molecule has 2 rings (SSSR count). The number of non-ortho nitro benzene ring substituents is 2. The van der Waals surface area contributed by atoms with Crippen LogP contribution in [0.2, 0.25) is 0 Å². The molecule has 25 heavy (non-hydrogen) atoms. The maximum Gasteiger partial charge on any atom is 0.336 e. The zero-order valence-corrected chi connectivity index (χ0v) is 15.0. The maximum atomic E-state index is 10.5. The van der Waals surface area contributed by atoms with Crippen LogP contribution in [0, 0.1) is 20.2 Å². The third kappa shape index (κ3) is 6.88. The summed E-state index contributed by atoms with van der Waals surface area (Å²) in [5.41, 5.74) is -1.74. The number of benzene rings is 1. The summed E-state index contributed by atoms with van der Waals surface area (Å²) in [5, 5.41) is 38.6. The van der Waals surface area contributed by atoms with E-state index >= 15 is 0 Å². The smallest absolute Gasteiger partial charge is 0.336 e. The molecule has 2 atom stereocenters. The number of hydrogen-bond acceptors (Lipinski definition) is 8. The molecule has 1 aliphatic rings. The number of thioether (sulfide) groups is 2. The van der Waals surface area contributed by atoms with Crippen LogP contribution in [0.15, 0.2) is 18.2 Å². The first-order chi connectivity index (χ1) is 11.8. The highest BCUT2D eigenvalue weighted by Crippen LogP contribution is 2.39. The molecule has 0 unspecified atom stereocenters. The zero-order valence-electron chi connectivity index (χ0n) is 13.4. The average molecular weight is 390 g/mol. The van der Waals surface area contributed by atoms with Crippen molar-refractivity contribution < 1.29 is 24.9 Å². The van der Waals surface area contributed by atoms with Crippen LogP contribution in [0.4, 0.5) is 11.4 Å². The molecule has 0 aliphatic carbocycles. The van der Waals surface area contributed by atoms with E-state index in [4.69, 9.17) is 10.2 Å². The van der Waals surface area contributed by atoms with Gasteiger partial charge < -0.3 is 10.2 Å². The van der Waals surface area contributed by atoms with Crippen LogP contribution in [0.1, 0.15) is 30.1 Å². The molecule has 0 radical (unpaired) electrons. The Balaban J connectivity index is 0.000000271. The monoisotopic (exact) mass is 390 g/mol. The molecule has 9 nitrogen and oxygen atoms in total. The summed E-state index contributed by atoms with van der Waals surface area (Å²) in [7, 11) is 0. The highest BCUT2D eigenvalue weighted by molar-refractivity contribution is 8.20. The first kappa shape index (κ1) is 21.2. The Morgan fingerprint density at radius 1 is 1.24 bits per heavy atom. The number of aliphatic hydroxyl groups excluding tert-OH is 1. The van der Waals surface area contributed by atoms with Crippen LogP contribution in [-0.2, 0) is 0 Å². The van der Waals surface area contributed by atoms with Gasteiger partial charge in [-0.1, -0.05) is 13.3 Å². The molecule has 11 heteroatoms. The van der Waals surface area contributed by atoms with Crippen molar-refractivity contribution in [3.05, 3.63) is 44.0 Å². The number of carbonyl (C=O) groups is 1. The van der Waals surface area contributed by atoms with E-state index < -0.39 is 32.8 Å². The van der Waals surface area contributed by atoms with Crippen molar-refractivity contribution in [2.75, 3.05) is 12.4 Å². The third-order valence-electron chi connectivity index (χ3n) is 3.11. The van der Waals surface area contributed by atoms with E-state index in [2.05, 4.69) is 6.92 Å². The van der Waals surface area contributed by atoms with Gasteiger partial charge >= 0.3 is 5.97 Å². The lowest BCUT2D eigenvalue weighted by atomic mass is 10.2. The van der Waals surface area contributed by atoms with Gasteiger partial charge in [-0.3, -0.25) is 20.2 Å². The lowest BCUT2D eigenvalue weighted by molar-refractivity contribution is -0.394. The number of aromatic carboxylic acids is 1. The van der Waals surface area contributed by atoms with Crippen LogP contribution >= 0.6 is 23.5 Å². The van der Waals surface area contributed by atoms with Crippen LogP contribution < -0.4 is 0 Å². The number of nitrogens with zero attached hydrogens (tertiary/aromatic N) is 2. The Morgan fingerprint density at radius 2 is 1.80 bits per heavy atom. The van der Waals surface area contributed by atoms with Crippen molar-refractivity contribution in [3.8, 4) is 0 Å². The Labute approximate surface area is 152 Å². The fourth-order valence-electron chi connectivity index (χ4n) is 1.92. The fraction of sp³-hybridized carbons (Fsp3) is 0.500. The lowest BCUT2D eigenvalue weighted by Crippen LogP contribution is -2.06. The second-order valence-electron chi connectivity index (χ2n) is 5.05. The maximum absolute atomic E-state index is 10.5. The largest absolute Gasteiger partial charge is 0.478 e. The van der Waals surface area contributed by atoms with Gasteiger partial charge in [-0.2, -0.15) is 0 Å². The summed E-state index contributed by atoms with van der Waals surface area (Å²) >= 11 is 3.95. The molecule has 2 N–H and O–H groups in total. The van der Waals surface area contributed by atoms with Crippen LogP contribution in [0.5, 0.6) is 0 Å². The lowest BCUT2D eigenvalue weighted by Gasteiger charge is -2.05. The van der Waals surface area contributed by atoms with Crippen molar-refractivity contribution in [2.24, 2.45) is 0 Å². The summed E-state index contributed by atoms with van der Waals surface area (Å²) in [4.78, 5) is 29.4. The molecule has 138 valence electrons. The van der Waals surface area contributed by atoms with Crippen molar-refractivity contribution in [1.82, 2.24) is 0 Å². The number of nitro benzene ring substituents is 2. The molecule has 1 aromatic rings. The van der Waals surface area contributed by atoms with E-state index in [1.54, 1.807) is 0 Å². The topological polar surface area (TPSA) is 144 Å². The summed E-state index contributed by atoms with van der Waals surface area (Å²) in [6.45, 7) is 2.57. The minimum absolute atomic E-state index is 0.359. The molecule has 1 aromatic carbocycles. The van der Waals surface area contributed by atoms with Gasteiger partial charge in [0.05, 0.1) is 32.7 Å². The van der Waals surface area contributed by atoms with Gasteiger partial charge in [0.25, 0.3) is 11.4 Å². The number of carboxylic acids is 1. The fourth-order valence-corrected chi connectivity index (χ4v) is 5.32. The molecule has 1 heterocycles. The summed E-state index contributed by atoms with van der Waals surface area (Å²) in [6.07, 6.45) is 2.56. The Kier molecular flexibility index (Phi) is 8.66. The number of aliphatic hydroxyl groups is 1. The van der Waals surface area contributed by atoms with Crippen LogP contribution in [0.25, 0.3) is 0 Å². The highest BCUT2D eigenvalue weighted by atomic mass is 32.2. The predicted octanol–water partition coefficient (Wildman–Crippen LogP) is 3.15. The van der Waals surface area contributed by atoms with E-state index in [9.17, 15) is 25.0 Å². The highest BCUT2D eigenvalue weighted by Gasteiger charge is 2.24. The summed E-state index contributed by atoms with van der Waals surface area (Å²) in [6, 6.07) is 2.22. The predicted molar refractivity (Wildman–Crippen MR) is 96.3 cm³/mol. The normalized spacial score (nSPS) is 19.0. The van der Waals surface area contributed by atoms with Gasteiger partial charge in [0.2, 0.25) is 0 Å². The zero-order chi connectivity index (χ0) is 19.0. The van der Waals surface area contributed by atoms with Gasteiger partial charge in [-0.05, 0) is 6.42 Å². The number of rotatable bonds is 6. The van der Waals surface area contributed by atoms with Crippen LogP contribution in [-0.4, -0.2) is 48.2 Å². The number of nitro groups is 2. The minimum Gasteiger partial charge on any atom is -0.478 e. The molecule has 0 spiro atoms. The molecular weight excluding hydrogens is 372 g/mol. The van der Waals surface area contributed by atoms with Gasteiger partial charge in [0.15, 0.2) is 0 Å². The number of hydrogen-bond donors (Lipinski definition) is 2. The van der Waals surface area contributed by atoms with E-state index in [1.807, 2.05) is 23.5 Å². The van der Waals surface area contributed by atoms with Gasteiger partial charge in [0, 0.05) is 23.1 Å². The molecule has 1 saturated heterocycles. The van der Waals surface area contributed by atoms with Gasteiger partial charge in [0.1, 0.15) is 0 Å². The van der Waals surface area contributed by atoms with Crippen LogP contribution in [0.3, 0.4) is 0 Å².